The van der Waals surface area contributed by atoms with E-state index in [2.05, 4.69) is 26.2 Å². The molecule has 0 bridgehead atoms. The van der Waals surface area contributed by atoms with Gasteiger partial charge in [0.15, 0.2) is 5.82 Å². The van der Waals surface area contributed by atoms with Crippen LogP contribution in [0.4, 0.5) is 5.69 Å². The first-order valence-electron chi connectivity index (χ1n) is 8.11. The topological polar surface area (TPSA) is 94.0 Å². The van der Waals surface area contributed by atoms with Crippen LogP contribution in [-0.2, 0) is 4.79 Å². The second kappa shape index (κ2) is 7.39. The highest BCUT2D eigenvalue weighted by Gasteiger charge is 2.16. The fourth-order valence-corrected chi connectivity index (χ4v) is 2.91. The third kappa shape index (κ3) is 3.70. The van der Waals surface area contributed by atoms with Crippen LogP contribution in [0.5, 0.6) is 5.75 Å². The molecule has 1 aromatic carbocycles. The SMILES string of the molecule is COc1ccc(NC(=O)CCC2CCNC2)cc1-n1nnnc1C. The minimum absolute atomic E-state index is 0.0199. The molecule has 2 heterocycles. The van der Waals surface area contributed by atoms with Gasteiger partial charge in [0.05, 0.1) is 7.11 Å². The van der Waals surface area contributed by atoms with Gasteiger partial charge in [0.1, 0.15) is 11.4 Å². The van der Waals surface area contributed by atoms with Crippen LogP contribution in [0.25, 0.3) is 5.69 Å². The van der Waals surface area contributed by atoms with E-state index in [0.29, 0.717) is 35.3 Å². The summed E-state index contributed by atoms with van der Waals surface area (Å²) in [6.07, 6.45) is 2.59. The maximum Gasteiger partial charge on any atom is 0.224 e. The molecule has 1 fully saturated rings. The van der Waals surface area contributed by atoms with Crippen LogP contribution in [-0.4, -0.2) is 46.3 Å². The number of amides is 1. The number of rotatable bonds is 6. The molecule has 0 saturated carbocycles. The van der Waals surface area contributed by atoms with E-state index in [9.17, 15) is 4.79 Å². The second-order valence-electron chi connectivity index (χ2n) is 5.97. The van der Waals surface area contributed by atoms with Gasteiger partial charge in [-0.2, -0.15) is 4.68 Å². The molecule has 1 amide bonds. The fourth-order valence-electron chi connectivity index (χ4n) is 2.91. The lowest BCUT2D eigenvalue weighted by Gasteiger charge is -2.12. The lowest BCUT2D eigenvalue weighted by Crippen LogP contribution is -2.15. The monoisotopic (exact) mass is 330 g/mol. The summed E-state index contributed by atoms with van der Waals surface area (Å²) >= 11 is 0. The number of aryl methyl sites for hydroxylation is 1. The molecule has 8 nitrogen and oxygen atoms in total. The fraction of sp³-hybridized carbons (Fsp3) is 0.500. The van der Waals surface area contributed by atoms with Crippen molar-refractivity contribution in [2.45, 2.75) is 26.2 Å². The normalized spacial score (nSPS) is 17.0. The number of nitrogens with zero attached hydrogens (tertiary/aromatic N) is 4. The van der Waals surface area contributed by atoms with Crippen molar-refractivity contribution in [1.82, 2.24) is 25.5 Å². The Kier molecular flexibility index (Phi) is 5.05. The Hall–Kier alpha value is -2.48. The third-order valence-electron chi connectivity index (χ3n) is 4.26. The van der Waals surface area contributed by atoms with Crippen LogP contribution in [0.3, 0.4) is 0 Å². The van der Waals surface area contributed by atoms with Crippen LogP contribution in [0.1, 0.15) is 25.1 Å². The minimum atomic E-state index is 0.0199. The summed E-state index contributed by atoms with van der Waals surface area (Å²) in [6, 6.07) is 5.43. The summed E-state index contributed by atoms with van der Waals surface area (Å²) in [6.45, 7) is 3.87. The molecule has 1 aliphatic heterocycles. The Labute approximate surface area is 140 Å². The van der Waals surface area contributed by atoms with Gasteiger partial charge >= 0.3 is 0 Å². The van der Waals surface area contributed by atoms with Gasteiger partial charge in [-0.05, 0) is 67.4 Å². The maximum absolute atomic E-state index is 12.2. The number of tetrazole rings is 1. The highest BCUT2D eigenvalue weighted by molar-refractivity contribution is 5.91. The van der Waals surface area contributed by atoms with Crippen molar-refractivity contribution in [3.05, 3.63) is 24.0 Å². The molecular weight excluding hydrogens is 308 g/mol. The van der Waals surface area contributed by atoms with Gasteiger partial charge in [0, 0.05) is 12.1 Å². The molecule has 1 atom stereocenters. The molecule has 0 radical (unpaired) electrons. The zero-order valence-electron chi connectivity index (χ0n) is 14.0. The smallest absolute Gasteiger partial charge is 0.224 e. The summed E-state index contributed by atoms with van der Waals surface area (Å²) in [5, 5.41) is 17.8. The van der Waals surface area contributed by atoms with Gasteiger partial charge in [0.25, 0.3) is 0 Å². The predicted octanol–water partition coefficient (Wildman–Crippen LogP) is 1.31. The first-order chi connectivity index (χ1) is 11.7. The number of hydrogen-bond acceptors (Lipinski definition) is 6. The van der Waals surface area contributed by atoms with Crippen molar-refractivity contribution in [3.8, 4) is 11.4 Å². The lowest BCUT2D eigenvalue weighted by atomic mass is 10.0. The first kappa shape index (κ1) is 16.4. The van der Waals surface area contributed by atoms with Gasteiger partial charge < -0.3 is 15.4 Å². The van der Waals surface area contributed by atoms with E-state index in [4.69, 9.17) is 4.74 Å². The number of carbonyl (C=O) groups excluding carboxylic acids is 1. The number of nitrogens with one attached hydrogen (secondary N) is 2. The van der Waals surface area contributed by atoms with Crippen molar-refractivity contribution < 1.29 is 9.53 Å². The number of benzene rings is 1. The average Bonchev–Trinajstić information content (AvgIpc) is 3.24. The maximum atomic E-state index is 12.2. The van der Waals surface area contributed by atoms with E-state index in [-0.39, 0.29) is 5.91 Å². The van der Waals surface area contributed by atoms with E-state index >= 15 is 0 Å². The molecule has 24 heavy (non-hydrogen) atoms. The van der Waals surface area contributed by atoms with Crippen LogP contribution < -0.4 is 15.4 Å². The van der Waals surface area contributed by atoms with Crippen LogP contribution in [0.2, 0.25) is 0 Å². The van der Waals surface area contributed by atoms with Gasteiger partial charge in [-0.3, -0.25) is 4.79 Å². The average molecular weight is 330 g/mol. The van der Waals surface area contributed by atoms with Gasteiger partial charge in [-0.1, -0.05) is 0 Å². The highest BCUT2D eigenvalue weighted by Crippen LogP contribution is 2.26. The summed E-state index contributed by atoms with van der Waals surface area (Å²) in [7, 11) is 1.59. The van der Waals surface area contributed by atoms with Crippen LogP contribution in [0, 0.1) is 12.8 Å². The third-order valence-corrected chi connectivity index (χ3v) is 4.26. The minimum Gasteiger partial charge on any atom is -0.494 e. The second-order valence-corrected chi connectivity index (χ2v) is 5.97. The van der Waals surface area contributed by atoms with Gasteiger partial charge in [-0.25, -0.2) is 0 Å². The number of methoxy groups -OCH3 is 1. The molecular formula is C16H22N6O2. The highest BCUT2D eigenvalue weighted by atomic mass is 16.5. The quantitative estimate of drug-likeness (QED) is 0.829. The van der Waals surface area contributed by atoms with Crippen LogP contribution in [0.15, 0.2) is 18.2 Å². The predicted molar refractivity (Wildman–Crippen MR) is 89.3 cm³/mol. The van der Waals surface area contributed by atoms with Gasteiger partial charge in [-0.15, -0.1) is 5.10 Å². The van der Waals surface area contributed by atoms with Crippen molar-refractivity contribution in [2.75, 3.05) is 25.5 Å². The zero-order valence-corrected chi connectivity index (χ0v) is 14.0. The van der Waals surface area contributed by atoms with E-state index in [1.165, 1.54) is 0 Å². The Balaban J connectivity index is 1.69. The number of anilines is 1. The lowest BCUT2D eigenvalue weighted by molar-refractivity contribution is -0.116. The number of carbonyl (C=O) groups is 1. The Bertz CT molecular complexity index is 708. The van der Waals surface area contributed by atoms with Crippen molar-refractivity contribution in [3.63, 3.8) is 0 Å². The molecule has 1 unspecified atom stereocenters. The van der Waals surface area contributed by atoms with E-state index in [1.54, 1.807) is 24.8 Å². The summed E-state index contributed by atoms with van der Waals surface area (Å²) in [4.78, 5) is 12.2. The Morgan fingerprint density at radius 1 is 1.50 bits per heavy atom. The molecule has 0 spiro atoms. The molecule has 1 aliphatic rings. The molecule has 0 aliphatic carbocycles. The van der Waals surface area contributed by atoms with Crippen LogP contribution >= 0.6 is 0 Å². The summed E-state index contributed by atoms with van der Waals surface area (Å²) in [5.41, 5.74) is 1.40. The van der Waals surface area contributed by atoms with E-state index < -0.39 is 0 Å². The molecule has 8 heteroatoms. The van der Waals surface area contributed by atoms with Crippen molar-refractivity contribution >= 4 is 11.6 Å². The molecule has 2 aromatic rings. The Morgan fingerprint density at radius 2 is 2.38 bits per heavy atom. The molecule has 2 N–H and O–H groups in total. The number of hydrogen-bond donors (Lipinski definition) is 2. The molecule has 128 valence electrons. The van der Waals surface area contributed by atoms with E-state index in [0.717, 1.165) is 25.9 Å². The molecule has 3 rings (SSSR count). The largest absolute Gasteiger partial charge is 0.494 e. The summed E-state index contributed by atoms with van der Waals surface area (Å²) < 4.78 is 6.95. The van der Waals surface area contributed by atoms with Gasteiger partial charge in [0.2, 0.25) is 5.91 Å². The van der Waals surface area contributed by atoms with Crippen molar-refractivity contribution in [2.24, 2.45) is 5.92 Å². The summed E-state index contributed by atoms with van der Waals surface area (Å²) in [5.74, 6) is 1.91. The zero-order chi connectivity index (χ0) is 16.9. The van der Waals surface area contributed by atoms with E-state index in [1.807, 2.05) is 12.1 Å². The molecule has 1 aromatic heterocycles. The number of aromatic nitrogens is 4. The number of ether oxygens (including phenoxy) is 1. The van der Waals surface area contributed by atoms with Crippen molar-refractivity contribution in [1.29, 1.82) is 0 Å². The first-order valence-corrected chi connectivity index (χ1v) is 8.11. The Morgan fingerprint density at radius 3 is 3.04 bits per heavy atom. The molecule has 1 saturated heterocycles. The standard InChI is InChI=1S/C16H22N6O2/c1-11-19-20-21-22(11)14-9-13(4-5-15(14)24-2)18-16(23)6-3-12-7-8-17-10-12/h4-5,9,12,17H,3,6-8,10H2,1-2H3,(H,18,23).